The molecule has 1 heterocycles. The minimum atomic E-state index is -0.316. The highest BCUT2D eigenvalue weighted by molar-refractivity contribution is 7.10. The summed E-state index contributed by atoms with van der Waals surface area (Å²) >= 11 is 13.8. The zero-order chi connectivity index (χ0) is 14.0. The molecular weight excluding hydrogens is 306 g/mol. The van der Waals surface area contributed by atoms with Gasteiger partial charge in [0.25, 0.3) is 0 Å². The summed E-state index contributed by atoms with van der Waals surface area (Å²) in [5.41, 5.74) is 4.42. The van der Waals surface area contributed by atoms with E-state index in [9.17, 15) is 4.39 Å². The van der Waals surface area contributed by atoms with Crippen LogP contribution in [0.2, 0.25) is 10.0 Å². The Kier molecular flexibility index (Phi) is 4.81. The van der Waals surface area contributed by atoms with Crippen molar-refractivity contribution in [2.45, 2.75) is 19.4 Å². The Bertz CT molecular complexity index is 586. The third kappa shape index (κ3) is 3.27. The first kappa shape index (κ1) is 14.8. The van der Waals surface area contributed by atoms with Crippen LogP contribution in [0.25, 0.3) is 0 Å². The summed E-state index contributed by atoms with van der Waals surface area (Å²) in [7, 11) is 0. The molecule has 0 aliphatic heterocycles. The number of hydrazine groups is 1. The normalized spacial score (nSPS) is 12.7. The molecule has 1 atom stereocenters. The van der Waals surface area contributed by atoms with Crippen molar-refractivity contribution in [1.82, 2.24) is 5.43 Å². The van der Waals surface area contributed by atoms with Gasteiger partial charge < -0.3 is 0 Å². The van der Waals surface area contributed by atoms with Crippen LogP contribution in [0.1, 0.15) is 22.0 Å². The lowest BCUT2D eigenvalue weighted by Crippen LogP contribution is -2.29. The second-order valence-electron chi connectivity index (χ2n) is 4.26. The lowest BCUT2D eigenvalue weighted by atomic mass is 10.0. The van der Waals surface area contributed by atoms with Crippen molar-refractivity contribution in [3.63, 3.8) is 0 Å². The van der Waals surface area contributed by atoms with E-state index < -0.39 is 0 Å². The Morgan fingerprint density at radius 2 is 2.16 bits per heavy atom. The zero-order valence-corrected chi connectivity index (χ0v) is 12.5. The number of aryl methyl sites for hydroxylation is 1. The molecule has 0 bridgehead atoms. The molecule has 0 saturated carbocycles. The van der Waals surface area contributed by atoms with Crippen LogP contribution in [0.15, 0.2) is 23.6 Å². The first-order valence-corrected chi connectivity index (χ1v) is 7.30. The van der Waals surface area contributed by atoms with Crippen LogP contribution >= 0.6 is 34.5 Å². The van der Waals surface area contributed by atoms with Gasteiger partial charge >= 0.3 is 0 Å². The lowest BCUT2D eigenvalue weighted by molar-refractivity contribution is 0.557. The summed E-state index contributed by atoms with van der Waals surface area (Å²) in [5, 5.41) is 3.18. The second kappa shape index (κ2) is 6.20. The van der Waals surface area contributed by atoms with Gasteiger partial charge in [-0.15, -0.1) is 11.3 Å². The number of nitrogens with two attached hydrogens (primary N) is 1. The first-order valence-electron chi connectivity index (χ1n) is 5.66. The van der Waals surface area contributed by atoms with Crippen LogP contribution < -0.4 is 11.3 Å². The SMILES string of the molecule is Cc1csc(C(Cc2cc(F)ccc2Cl)NN)c1Cl. The van der Waals surface area contributed by atoms with Gasteiger partial charge in [0.15, 0.2) is 0 Å². The Morgan fingerprint density at radius 3 is 2.74 bits per heavy atom. The number of hydrogen-bond donors (Lipinski definition) is 2. The fourth-order valence-electron chi connectivity index (χ4n) is 1.83. The molecule has 1 aromatic heterocycles. The minimum absolute atomic E-state index is 0.189. The molecule has 0 spiro atoms. The summed E-state index contributed by atoms with van der Waals surface area (Å²) in [6, 6.07) is 4.10. The number of rotatable bonds is 4. The van der Waals surface area contributed by atoms with Gasteiger partial charge in [-0.3, -0.25) is 11.3 Å². The maximum atomic E-state index is 13.3. The lowest BCUT2D eigenvalue weighted by Gasteiger charge is -2.16. The van der Waals surface area contributed by atoms with Crippen molar-refractivity contribution < 1.29 is 4.39 Å². The van der Waals surface area contributed by atoms with Gasteiger partial charge in [-0.1, -0.05) is 23.2 Å². The fourth-order valence-corrected chi connectivity index (χ4v) is 3.41. The van der Waals surface area contributed by atoms with Gasteiger partial charge in [-0.2, -0.15) is 0 Å². The third-order valence-corrected chi connectivity index (χ3v) is 5.07. The highest BCUT2D eigenvalue weighted by Crippen LogP contribution is 2.34. The smallest absolute Gasteiger partial charge is 0.123 e. The van der Waals surface area contributed by atoms with Crippen molar-refractivity contribution >= 4 is 34.5 Å². The molecule has 0 saturated heterocycles. The summed E-state index contributed by atoms with van der Waals surface area (Å²) in [5.74, 6) is 5.26. The molecule has 0 fully saturated rings. The van der Waals surface area contributed by atoms with Crippen molar-refractivity contribution in [3.05, 3.63) is 55.4 Å². The topological polar surface area (TPSA) is 38.0 Å². The standard InChI is InChI=1S/C13H13Cl2FN2S/c1-7-6-19-13(12(7)15)11(18-17)5-8-4-9(16)2-3-10(8)14/h2-4,6,11,18H,5,17H2,1H3. The molecule has 0 aliphatic rings. The zero-order valence-electron chi connectivity index (χ0n) is 10.2. The summed E-state index contributed by atoms with van der Waals surface area (Å²) in [6.45, 7) is 1.94. The fraction of sp³-hybridized carbons (Fsp3) is 0.231. The summed E-state index contributed by atoms with van der Waals surface area (Å²) < 4.78 is 13.3. The highest BCUT2D eigenvalue weighted by Gasteiger charge is 2.18. The molecule has 3 N–H and O–H groups in total. The van der Waals surface area contributed by atoms with Gasteiger partial charge in [0.1, 0.15) is 5.82 Å². The van der Waals surface area contributed by atoms with Crippen molar-refractivity contribution in [1.29, 1.82) is 0 Å². The number of nitrogens with one attached hydrogen (secondary N) is 1. The van der Waals surface area contributed by atoms with E-state index >= 15 is 0 Å². The van der Waals surface area contributed by atoms with Gasteiger partial charge in [-0.25, -0.2) is 4.39 Å². The molecular formula is C13H13Cl2FN2S. The first-order chi connectivity index (χ1) is 9.02. The maximum Gasteiger partial charge on any atom is 0.123 e. The van der Waals surface area contributed by atoms with Crippen LogP contribution in [0.4, 0.5) is 4.39 Å². The Morgan fingerprint density at radius 1 is 1.42 bits per heavy atom. The van der Waals surface area contributed by atoms with Crippen LogP contribution in [0, 0.1) is 12.7 Å². The van der Waals surface area contributed by atoms with Crippen LogP contribution in [0.5, 0.6) is 0 Å². The van der Waals surface area contributed by atoms with E-state index in [-0.39, 0.29) is 11.9 Å². The van der Waals surface area contributed by atoms with E-state index in [0.29, 0.717) is 22.0 Å². The molecule has 2 rings (SSSR count). The highest BCUT2D eigenvalue weighted by atomic mass is 35.5. The van der Waals surface area contributed by atoms with Crippen LogP contribution in [-0.2, 0) is 6.42 Å². The summed E-state index contributed by atoms with van der Waals surface area (Å²) in [4.78, 5) is 0.932. The molecule has 2 nitrogen and oxygen atoms in total. The average Bonchev–Trinajstić information content (AvgIpc) is 2.71. The van der Waals surface area contributed by atoms with Crippen LogP contribution in [-0.4, -0.2) is 0 Å². The Hall–Kier alpha value is -0.650. The average molecular weight is 319 g/mol. The molecule has 0 amide bonds. The molecule has 2 aromatic rings. The van der Waals surface area contributed by atoms with Gasteiger partial charge in [0, 0.05) is 9.90 Å². The number of halogens is 3. The second-order valence-corrected chi connectivity index (χ2v) is 5.95. The monoisotopic (exact) mass is 318 g/mol. The van der Waals surface area contributed by atoms with Crippen LogP contribution in [0.3, 0.4) is 0 Å². The van der Waals surface area contributed by atoms with Gasteiger partial charge in [-0.05, 0) is 48.1 Å². The molecule has 0 radical (unpaired) electrons. The largest absolute Gasteiger partial charge is 0.271 e. The minimum Gasteiger partial charge on any atom is -0.271 e. The van der Waals surface area contributed by atoms with E-state index in [0.717, 1.165) is 10.4 Å². The molecule has 19 heavy (non-hydrogen) atoms. The van der Waals surface area contributed by atoms with Gasteiger partial charge in [0.2, 0.25) is 0 Å². The van der Waals surface area contributed by atoms with E-state index in [1.807, 2.05) is 12.3 Å². The van der Waals surface area contributed by atoms with E-state index in [1.165, 1.54) is 23.5 Å². The van der Waals surface area contributed by atoms with E-state index in [2.05, 4.69) is 5.43 Å². The number of thiophene rings is 1. The maximum absolute atomic E-state index is 13.3. The molecule has 0 aliphatic carbocycles. The van der Waals surface area contributed by atoms with Crippen molar-refractivity contribution in [2.24, 2.45) is 5.84 Å². The van der Waals surface area contributed by atoms with E-state index in [4.69, 9.17) is 29.0 Å². The van der Waals surface area contributed by atoms with Crippen molar-refractivity contribution in [2.75, 3.05) is 0 Å². The predicted molar refractivity (Wildman–Crippen MR) is 79.2 cm³/mol. The third-order valence-electron chi connectivity index (χ3n) is 2.87. The summed E-state index contributed by atoms with van der Waals surface area (Å²) in [6.07, 6.45) is 0.479. The number of hydrogen-bond acceptors (Lipinski definition) is 3. The Balaban J connectivity index is 2.29. The van der Waals surface area contributed by atoms with E-state index in [1.54, 1.807) is 6.07 Å². The molecule has 6 heteroatoms. The molecule has 102 valence electrons. The number of benzene rings is 1. The van der Waals surface area contributed by atoms with Crippen molar-refractivity contribution in [3.8, 4) is 0 Å². The predicted octanol–water partition coefficient (Wildman–Crippen LogP) is 4.25. The Labute approximate surface area is 125 Å². The molecule has 1 unspecified atom stereocenters. The molecule has 1 aromatic carbocycles. The quantitative estimate of drug-likeness (QED) is 0.653. The van der Waals surface area contributed by atoms with Gasteiger partial charge in [0.05, 0.1) is 11.1 Å².